The molecule has 41 heavy (non-hydrogen) atoms. The van der Waals surface area contributed by atoms with Crippen LogP contribution >= 0.6 is 23.1 Å². The lowest BCUT2D eigenvalue weighted by Crippen LogP contribution is -2.29. The average molecular weight is 590 g/mol. The van der Waals surface area contributed by atoms with E-state index < -0.39 is 29.3 Å². The molecule has 1 atom stereocenters. The van der Waals surface area contributed by atoms with Gasteiger partial charge in [-0.05, 0) is 49.2 Å². The Morgan fingerprint density at radius 2 is 1.78 bits per heavy atom. The van der Waals surface area contributed by atoms with Crippen LogP contribution in [0.3, 0.4) is 0 Å². The number of Topliss-reactive ketones (excluding diaryl/α,β-unsaturated/α-hetero) is 1. The Kier molecular flexibility index (Phi) is 8.80. The summed E-state index contributed by atoms with van der Waals surface area (Å²) in [6.07, 6.45) is 1.90. The molecule has 10 heteroatoms. The Morgan fingerprint density at radius 1 is 1.05 bits per heavy atom. The molecule has 1 aliphatic rings. The van der Waals surface area contributed by atoms with Crippen LogP contribution in [0.2, 0.25) is 0 Å². The van der Waals surface area contributed by atoms with E-state index in [2.05, 4.69) is 17.1 Å². The molecule has 3 aromatic carbocycles. The van der Waals surface area contributed by atoms with Gasteiger partial charge in [0, 0.05) is 16.9 Å². The highest BCUT2D eigenvalue weighted by molar-refractivity contribution is 8.00. The molecular formula is C31H28FN3O4S2. The maximum Gasteiger partial charge on any atom is 0.301 e. The number of aryl methyl sites for hydroxylation is 1. The van der Waals surface area contributed by atoms with Crippen molar-refractivity contribution in [2.24, 2.45) is 0 Å². The number of aliphatic hydroxyl groups excluding tert-OH is 1. The summed E-state index contributed by atoms with van der Waals surface area (Å²) in [6.45, 7) is 4.65. The largest absolute Gasteiger partial charge is 0.507 e. The Balaban J connectivity index is 1.49. The Hall–Kier alpha value is -4.02. The predicted octanol–water partition coefficient (Wildman–Crippen LogP) is 7.08. The number of ketones is 1. The highest BCUT2D eigenvalue weighted by Crippen LogP contribution is 2.44. The maximum absolute atomic E-state index is 15.2. The predicted molar refractivity (Wildman–Crippen MR) is 159 cm³/mol. The van der Waals surface area contributed by atoms with Gasteiger partial charge >= 0.3 is 5.91 Å². The standard InChI is InChI=1S/C31H28FN3O4S2/c1-3-4-17-39-22-15-13-21(14-16-22)27(36)25-26(23-7-5-6-8-24(23)32)35(29(38)28(25)37)30-33-34-31(41-30)40-18-20-11-9-19(2)10-12-20/h5-16,26,36H,3-4,17-18H2,1-2H3/b27-25+. The second kappa shape index (κ2) is 12.7. The van der Waals surface area contributed by atoms with Crippen molar-refractivity contribution < 1.29 is 23.8 Å². The van der Waals surface area contributed by atoms with E-state index in [-0.39, 0.29) is 16.3 Å². The van der Waals surface area contributed by atoms with Gasteiger partial charge in [0.25, 0.3) is 5.78 Å². The zero-order chi connectivity index (χ0) is 28.9. The lowest BCUT2D eigenvalue weighted by molar-refractivity contribution is -0.132. The molecule has 210 valence electrons. The van der Waals surface area contributed by atoms with E-state index in [1.807, 2.05) is 31.2 Å². The normalized spacial score (nSPS) is 16.4. The third kappa shape index (κ3) is 6.18. The van der Waals surface area contributed by atoms with Crippen LogP contribution < -0.4 is 9.64 Å². The third-order valence-electron chi connectivity index (χ3n) is 6.62. The summed E-state index contributed by atoms with van der Waals surface area (Å²) in [6, 6.07) is 19.4. The molecule has 1 N–H and O–H groups in total. The minimum absolute atomic E-state index is 0.0665. The van der Waals surface area contributed by atoms with E-state index in [4.69, 9.17) is 4.74 Å². The number of hydrogen-bond acceptors (Lipinski definition) is 8. The molecule has 0 radical (unpaired) electrons. The number of anilines is 1. The molecule has 2 heterocycles. The van der Waals surface area contributed by atoms with E-state index in [0.717, 1.165) is 40.2 Å². The first-order chi connectivity index (χ1) is 19.9. The topological polar surface area (TPSA) is 92.6 Å². The molecule has 0 saturated carbocycles. The Bertz CT molecular complexity index is 1590. The summed E-state index contributed by atoms with van der Waals surface area (Å²) in [5, 5.41) is 19.9. The van der Waals surface area contributed by atoms with E-state index in [1.54, 1.807) is 30.3 Å². The molecule has 1 aliphatic heterocycles. The van der Waals surface area contributed by atoms with Crippen LogP contribution in [0.25, 0.3) is 5.76 Å². The first-order valence-electron chi connectivity index (χ1n) is 13.2. The molecule has 0 bridgehead atoms. The van der Waals surface area contributed by atoms with Crippen LogP contribution in [0.4, 0.5) is 9.52 Å². The first kappa shape index (κ1) is 28.5. The van der Waals surface area contributed by atoms with Crippen molar-refractivity contribution in [3.05, 3.63) is 106 Å². The minimum Gasteiger partial charge on any atom is -0.507 e. The molecule has 1 fully saturated rings. The lowest BCUT2D eigenvalue weighted by Gasteiger charge is -2.22. The zero-order valence-corrected chi connectivity index (χ0v) is 24.2. The van der Waals surface area contributed by atoms with Crippen LogP contribution in [-0.4, -0.2) is 33.6 Å². The molecule has 7 nitrogen and oxygen atoms in total. The van der Waals surface area contributed by atoms with Gasteiger partial charge in [0.15, 0.2) is 4.34 Å². The van der Waals surface area contributed by atoms with Crippen LogP contribution in [0, 0.1) is 12.7 Å². The van der Waals surface area contributed by atoms with Crippen LogP contribution in [0.1, 0.15) is 48.1 Å². The molecule has 0 spiro atoms. The highest BCUT2D eigenvalue weighted by atomic mass is 32.2. The summed E-state index contributed by atoms with van der Waals surface area (Å²) in [5.41, 5.74) is 2.42. The molecule has 5 rings (SSSR count). The third-order valence-corrected chi connectivity index (χ3v) is 8.75. The van der Waals surface area contributed by atoms with Gasteiger partial charge in [0.05, 0.1) is 12.2 Å². The number of amides is 1. The fourth-order valence-corrected chi connectivity index (χ4v) is 6.23. The fraction of sp³-hybridized carbons (Fsp3) is 0.226. The Labute approximate surface area is 245 Å². The van der Waals surface area contributed by atoms with Gasteiger partial charge in [-0.3, -0.25) is 14.5 Å². The zero-order valence-electron chi connectivity index (χ0n) is 22.5. The van der Waals surface area contributed by atoms with Gasteiger partial charge in [-0.25, -0.2) is 4.39 Å². The van der Waals surface area contributed by atoms with Gasteiger partial charge in [0.2, 0.25) is 5.13 Å². The van der Waals surface area contributed by atoms with Gasteiger partial charge in [-0.2, -0.15) is 0 Å². The van der Waals surface area contributed by atoms with Crippen molar-refractivity contribution in [3.63, 3.8) is 0 Å². The van der Waals surface area contributed by atoms with E-state index in [9.17, 15) is 14.7 Å². The van der Waals surface area contributed by atoms with Gasteiger partial charge in [-0.1, -0.05) is 84.5 Å². The molecule has 1 saturated heterocycles. The smallest absolute Gasteiger partial charge is 0.301 e. The second-order valence-electron chi connectivity index (χ2n) is 9.54. The Morgan fingerprint density at radius 3 is 2.49 bits per heavy atom. The number of ether oxygens (including phenoxy) is 1. The molecule has 0 aliphatic carbocycles. The first-order valence-corrected chi connectivity index (χ1v) is 15.0. The number of aromatic nitrogens is 2. The fourth-order valence-electron chi connectivity index (χ4n) is 4.41. The summed E-state index contributed by atoms with van der Waals surface area (Å²) in [7, 11) is 0. The lowest BCUT2D eigenvalue weighted by atomic mass is 9.95. The maximum atomic E-state index is 15.2. The minimum atomic E-state index is -1.22. The van der Waals surface area contributed by atoms with Crippen molar-refractivity contribution in [3.8, 4) is 5.75 Å². The summed E-state index contributed by atoms with van der Waals surface area (Å²) in [5.74, 6) is -1.60. The number of unbranched alkanes of at least 4 members (excludes halogenated alkanes) is 1. The van der Waals surface area contributed by atoms with Crippen LogP contribution in [-0.2, 0) is 15.3 Å². The summed E-state index contributed by atoms with van der Waals surface area (Å²) < 4.78 is 21.4. The van der Waals surface area contributed by atoms with Crippen LogP contribution in [0.15, 0.2) is 82.7 Å². The number of aliphatic hydroxyl groups is 1. The summed E-state index contributed by atoms with van der Waals surface area (Å²) in [4.78, 5) is 27.9. The number of halogens is 1. The highest BCUT2D eigenvalue weighted by Gasteiger charge is 2.49. The van der Waals surface area contributed by atoms with E-state index >= 15 is 4.39 Å². The molecule has 1 unspecified atom stereocenters. The van der Waals surface area contributed by atoms with Crippen molar-refractivity contribution in [1.82, 2.24) is 10.2 Å². The average Bonchev–Trinajstić information content (AvgIpc) is 3.55. The van der Waals surface area contributed by atoms with Gasteiger partial charge in [0.1, 0.15) is 23.4 Å². The number of carbonyl (C=O) groups excluding carboxylic acids is 2. The molecule has 4 aromatic rings. The van der Waals surface area contributed by atoms with Gasteiger partial charge in [-0.15, -0.1) is 10.2 Å². The SMILES string of the molecule is CCCCOc1ccc(/C(O)=C2\C(=O)C(=O)N(c3nnc(SCc4ccc(C)cc4)s3)C2c2ccccc2F)cc1. The van der Waals surface area contributed by atoms with Crippen LogP contribution in [0.5, 0.6) is 5.75 Å². The number of hydrogen-bond donors (Lipinski definition) is 1. The van der Waals surface area contributed by atoms with Gasteiger partial charge < -0.3 is 9.84 Å². The monoisotopic (exact) mass is 589 g/mol. The second-order valence-corrected chi connectivity index (χ2v) is 11.7. The van der Waals surface area contributed by atoms with Crippen molar-refractivity contribution in [1.29, 1.82) is 0 Å². The molecular weight excluding hydrogens is 561 g/mol. The van der Waals surface area contributed by atoms with Crippen molar-refractivity contribution in [2.75, 3.05) is 11.5 Å². The van der Waals surface area contributed by atoms with E-state index in [1.165, 1.54) is 30.0 Å². The number of nitrogens with zero attached hydrogens (tertiary/aromatic N) is 3. The number of rotatable bonds is 10. The quantitative estimate of drug-likeness (QED) is 0.0528. The molecule has 1 aromatic heterocycles. The number of benzene rings is 3. The van der Waals surface area contributed by atoms with E-state index in [0.29, 0.717) is 28.0 Å². The number of thioether (sulfide) groups is 1. The summed E-state index contributed by atoms with van der Waals surface area (Å²) >= 11 is 2.58. The molecule has 1 amide bonds. The van der Waals surface area contributed by atoms with Crippen molar-refractivity contribution in [2.45, 2.75) is 42.8 Å². The number of carbonyl (C=O) groups is 2. The van der Waals surface area contributed by atoms with Crippen molar-refractivity contribution >= 4 is 45.7 Å².